The molecule has 1 aromatic heterocycles. The summed E-state index contributed by atoms with van der Waals surface area (Å²) < 4.78 is 12.9. The largest absolute Gasteiger partial charge is 0.256 e. The highest BCUT2D eigenvalue weighted by Gasteiger charge is 1.99. The van der Waals surface area contributed by atoms with Crippen LogP contribution in [-0.4, -0.2) is 12.8 Å². The minimum Gasteiger partial charge on any atom is -0.256 e. The first-order valence-corrected chi connectivity index (χ1v) is 3.57. The van der Waals surface area contributed by atoms with Gasteiger partial charge in [0.25, 0.3) is 0 Å². The lowest BCUT2D eigenvalue weighted by molar-refractivity contribution is 0.637. The van der Waals surface area contributed by atoms with Gasteiger partial charge in [-0.1, -0.05) is 17.6 Å². The molecule has 2 radical (unpaired) electrons. The van der Waals surface area contributed by atoms with Gasteiger partial charge in [-0.3, -0.25) is 4.98 Å². The van der Waals surface area contributed by atoms with Gasteiger partial charge in [-0.15, -0.1) is 0 Å². The Kier molecular flexibility index (Phi) is 1.57. The number of fused-ring (bicyclic) bond motifs is 1. The molecule has 1 heterocycles. The van der Waals surface area contributed by atoms with E-state index in [4.69, 9.17) is 7.85 Å². The summed E-state index contributed by atoms with van der Waals surface area (Å²) >= 11 is 0. The van der Waals surface area contributed by atoms with E-state index in [-0.39, 0.29) is 5.46 Å². The van der Waals surface area contributed by atoms with Crippen molar-refractivity contribution in [1.82, 2.24) is 4.98 Å². The van der Waals surface area contributed by atoms with Gasteiger partial charge in [-0.2, -0.15) is 0 Å². The molecule has 0 amide bonds. The summed E-state index contributed by atoms with van der Waals surface area (Å²) in [6.07, 6.45) is 1.62. The van der Waals surface area contributed by atoms with Gasteiger partial charge in [0, 0.05) is 6.20 Å². The summed E-state index contributed by atoms with van der Waals surface area (Å²) in [4.78, 5) is 3.99. The molecule has 0 unspecified atom stereocenters. The summed E-state index contributed by atoms with van der Waals surface area (Å²) in [5.41, 5.74) is 0.791. The van der Waals surface area contributed by atoms with Crippen molar-refractivity contribution in [1.29, 1.82) is 0 Å². The quantitative estimate of drug-likeness (QED) is 0.523. The van der Waals surface area contributed by atoms with Crippen molar-refractivity contribution in [3.63, 3.8) is 0 Å². The molecular weight excluding hydrogens is 152 g/mol. The Hall–Kier alpha value is -1.38. The number of rotatable bonds is 0. The van der Waals surface area contributed by atoms with Crippen LogP contribution in [0.2, 0.25) is 0 Å². The molecule has 0 aliphatic heterocycles. The number of pyridine rings is 1. The van der Waals surface area contributed by atoms with Crippen molar-refractivity contribution in [3.8, 4) is 0 Å². The second kappa shape index (κ2) is 2.59. The van der Waals surface area contributed by atoms with Gasteiger partial charge in [0.2, 0.25) is 0 Å². The van der Waals surface area contributed by atoms with E-state index in [2.05, 4.69) is 4.98 Å². The van der Waals surface area contributed by atoms with Gasteiger partial charge < -0.3 is 0 Å². The van der Waals surface area contributed by atoms with E-state index in [1.807, 2.05) is 6.07 Å². The normalized spacial score (nSPS) is 10.4. The third kappa shape index (κ3) is 1.07. The Morgan fingerprint density at radius 3 is 3.00 bits per heavy atom. The first-order valence-electron chi connectivity index (χ1n) is 3.57. The number of benzene rings is 1. The van der Waals surface area contributed by atoms with E-state index in [1.54, 1.807) is 18.3 Å². The Labute approximate surface area is 70.7 Å². The molecule has 56 valence electrons. The minimum atomic E-state index is -0.416. The fourth-order valence-corrected chi connectivity index (χ4v) is 1.11. The van der Waals surface area contributed by atoms with Crippen LogP contribution >= 0.6 is 0 Å². The number of nitrogens with zero attached hydrogens (tertiary/aromatic N) is 1. The first kappa shape index (κ1) is 7.28. The van der Waals surface area contributed by atoms with Crippen molar-refractivity contribution >= 4 is 24.2 Å². The lowest BCUT2D eigenvalue weighted by Gasteiger charge is -1.99. The minimum absolute atomic E-state index is 0.163. The van der Waals surface area contributed by atoms with Crippen molar-refractivity contribution < 1.29 is 4.39 Å². The molecule has 1 nitrogen and oxygen atoms in total. The number of halogens is 1. The van der Waals surface area contributed by atoms with Crippen molar-refractivity contribution in [2.45, 2.75) is 0 Å². The molecule has 0 aliphatic rings. The average molecular weight is 157 g/mol. The van der Waals surface area contributed by atoms with Crippen LogP contribution < -0.4 is 5.46 Å². The Morgan fingerprint density at radius 2 is 2.17 bits per heavy atom. The predicted octanol–water partition coefficient (Wildman–Crippen LogP) is 1.17. The third-order valence-electron chi connectivity index (χ3n) is 1.72. The fraction of sp³-hybridized carbons (Fsp3) is 0. The molecule has 0 bridgehead atoms. The third-order valence-corrected chi connectivity index (χ3v) is 1.72. The standard InChI is InChI=1S/C9H5BFN/c10-7-4-6-2-1-3-12-9(6)5-8(7)11/h1-5H. The van der Waals surface area contributed by atoms with Gasteiger partial charge in [0.05, 0.1) is 5.52 Å². The summed E-state index contributed by atoms with van der Waals surface area (Å²) in [7, 11) is 5.38. The molecule has 12 heavy (non-hydrogen) atoms. The van der Waals surface area contributed by atoms with E-state index in [0.717, 1.165) is 5.39 Å². The van der Waals surface area contributed by atoms with Gasteiger partial charge in [0.15, 0.2) is 0 Å². The van der Waals surface area contributed by atoms with Crippen molar-refractivity contribution in [3.05, 3.63) is 36.3 Å². The highest BCUT2D eigenvalue weighted by atomic mass is 19.1. The van der Waals surface area contributed by atoms with Crippen LogP contribution in [0.4, 0.5) is 4.39 Å². The molecule has 2 aromatic rings. The summed E-state index contributed by atoms with van der Waals surface area (Å²) in [5.74, 6) is -0.416. The van der Waals surface area contributed by atoms with Crippen molar-refractivity contribution in [2.75, 3.05) is 0 Å². The molecule has 3 heteroatoms. The summed E-state index contributed by atoms with van der Waals surface area (Å²) in [6, 6.07) is 6.56. The van der Waals surface area contributed by atoms with Crippen LogP contribution in [0.5, 0.6) is 0 Å². The van der Waals surface area contributed by atoms with E-state index >= 15 is 0 Å². The van der Waals surface area contributed by atoms with E-state index in [9.17, 15) is 4.39 Å². The zero-order valence-corrected chi connectivity index (χ0v) is 6.29. The Balaban J connectivity index is 2.84. The van der Waals surface area contributed by atoms with Gasteiger partial charge in [-0.25, -0.2) is 4.39 Å². The number of hydrogen-bond donors (Lipinski definition) is 0. The maximum atomic E-state index is 12.9. The number of aromatic nitrogens is 1. The Morgan fingerprint density at radius 1 is 1.33 bits per heavy atom. The van der Waals surface area contributed by atoms with E-state index in [1.165, 1.54) is 6.07 Å². The van der Waals surface area contributed by atoms with Crippen LogP contribution in [-0.2, 0) is 0 Å². The molecule has 0 atom stereocenters. The second-order valence-corrected chi connectivity index (χ2v) is 2.57. The van der Waals surface area contributed by atoms with Gasteiger partial charge >= 0.3 is 0 Å². The molecule has 0 spiro atoms. The highest BCUT2D eigenvalue weighted by molar-refractivity contribution is 6.33. The first-order chi connectivity index (χ1) is 5.77. The van der Waals surface area contributed by atoms with Crippen LogP contribution in [0.3, 0.4) is 0 Å². The molecule has 1 aromatic carbocycles. The lowest BCUT2D eigenvalue weighted by Crippen LogP contribution is -2.07. The molecule has 0 saturated heterocycles. The molecular formula is C9H5BFN. The highest BCUT2D eigenvalue weighted by Crippen LogP contribution is 2.09. The lowest BCUT2D eigenvalue weighted by atomic mass is 9.94. The van der Waals surface area contributed by atoms with Crippen LogP contribution in [0.25, 0.3) is 10.9 Å². The SMILES string of the molecule is [B]c1cc2cccnc2cc1F. The van der Waals surface area contributed by atoms with Crippen LogP contribution in [0, 0.1) is 5.82 Å². The second-order valence-electron chi connectivity index (χ2n) is 2.57. The van der Waals surface area contributed by atoms with Crippen molar-refractivity contribution in [2.24, 2.45) is 0 Å². The Bertz CT molecular complexity index is 387. The number of hydrogen-bond acceptors (Lipinski definition) is 1. The predicted molar refractivity (Wildman–Crippen MR) is 47.1 cm³/mol. The summed E-state index contributed by atoms with van der Waals surface area (Å²) in [5, 5.41) is 0.858. The maximum Gasteiger partial charge on any atom is 0.118 e. The van der Waals surface area contributed by atoms with E-state index in [0.29, 0.717) is 5.52 Å². The smallest absolute Gasteiger partial charge is 0.118 e. The van der Waals surface area contributed by atoms with E-state index < -0.39 is 5.82 Å². The molecule has 0 fully saturated rings. The molecule has 0 aliphatic carbocycles. The molecule has 0 N–H and O–H groups in total. The topological polar surface area (TPSA) is 12.9 Å². The van der Waals surface area contributed by atoms with Crippen LogP contribution in [0.1, 0.15) is 0 Å². The summed E-state index contributed by atoms with van der Waals surface area (Å²) in [6.45, 7) is 0. The zero-order valence-electron chi connectivity index (χ0n) is 6.29. The monoisotopic (exact) mass is 157 g/mol. The van der Waals surface area contributed by atoms with Crippen LogP contribution in [0.15, 0.2) is 30.5 Å². The zero-order chi connectivity index (χ0) is 8.55. The van der Waals surface area contributed by atoms with Gasteiger partial charge in [-0.05, 0) is 17.5 Å². The van der Waals surface area contributed by atoms with Gasteiger partial charge in [0.1, 0.15) is 13.7 Å². The molecule has 2 rings (SSSR count). The fourth-order valence-electron chi connectivity index (χ4n) is 1.11. The maximum absolute atomic E-state index is 12.9. The average Bonchev–Trinajstić information content (AvgIpc) is 2.07. The molecule has 0 saturated carbocycles.